The summed E-state index contributed by atoms with van der Waals surface area (Å²) in [5.41, 5.74) is 0.389. The van der Waals surface area contributed by atoms with Crippen LogP contribution in [0.3, 0.4) is 0 Å². The minimum atomic E-state index is -3.85. The molecule has 0 unspecified atom stereocenters. The predicted octanol–water partition coefficient (Wildman–Crippen LogP) is 3.19. The van der Waals surface area contributed by atoms with Crippen LogP contribution in [-0.4, -0.2) is 51.9 Å². The third-order valence-corrected chi connectivity index (χ3v) is 7.57. The molecule has 3 aromatic rings. The standard InChI is InChI=1S/C20H20ClFN6O3S/c1-13-24-25-26-28(13)15-6-8-17(22)18(12-15)23-20(29)14-5-7-16(21)19(11-14)32(30,31)27-9-3-2-4-10-27/h5-8,11-12H,2-4,9-10H2,1H3,(H,23,29). The normalized spacial score (nSPS) is 15.0. The molecule has 12 heteroatoms. The molecule has 0 atom stereocenters. The highest BCUT2D eigenvalue weighted by Gasteiger charge is 2.29. The molecule has 0 saturated carbocycles. The van der Waals surface area contributed by atoms with E-state index in [1.807, 2.05) is 0 Å². The summed E-state index contributed by atoms with van der Waals surface area (Å²) in [7, 11) is -3.85. The number of aryl methyl sites for hydroxylation is 1. The van der Waals surface area contributed by atoms with Crippen LogP contribution >= 0.6 is 11.6 Å². The number of carbonyl (C=O) groups is 1. The first-order valence-corrected chi connectivity index (χ1v) is 11.7. The molecular weight excluding hydrogens is 459 g/mol. The first-order valence-electron chi connectivity index (χ1n) is 9.93. The highest BCUT2D eigenvalue weighted by molar-refractivity contribution is 7.89. The number of sulfonamides is 1. The Morgan fingerprint density at radius 1 is 1.12 bits per heavy atom. The third kappa shape index (κ3) is 4.36. The molecule has 0 radical (unpaired) electrons. The Hall–Kier alpha value is -2.89. The van der Waals surface area contributed by atoms with Gasteiger partial charge in [-0.05, 0) is 66.6 Å². The van der Waals surface area contributed by atoms with Crippen molar-refractivity contribution < 1.29 is 17.6 Å². The van der Waals surface area contributed by atoms with Crippen molar-refractivity contribution in [3.05, 3.63) is 58.6 Å². The van der Waals surface area contributed by atoms with Gasteiger partial charge in [0.2, 0.25) is 10.0 Å². The van der Waals surface area contributed by atoms with E-state index in [1.165, 1.54) is 45.4 Å². The molecular formula is C20H20ClFN6O3S. The zero-order chi connectivity index (χ0) is 22.9. The number of hydrogen-bond acceptors (Lipinski definition) is 6. The van der Waals surface area contributed by atoms with E-state index < -0.39 is 21.7 Å². The van der Waals surface area contributed by atoms with Gasteiger partial charge in [0.15, 0.2) is 5.82 Å². The van der Waals surface area contributed by atoms with Gasteiger partial charge in [-0.3, -0.25) is 4.79 Å². The Bertz CT molecular complexity index is 1270. The average molecular weight is 479 g/mol. The molecule has 1 amide bonds. The maximum Gasteiger partial charge on any atom is 0.255 e. The quantitative estimate of drug-likeness (QED) is 0.603. The monoisotopic (exact) mass is 478 g/mol. The Kier molecular flexibility index (Phi) is 6.22. The summed E-state index contributed by atoms with van der Waals surface area (Å²) in [4.78, 5) is 12.7. The van der Waals surface area contributed by atoms with E-state index in [-0.39, 0.29) is 21.2 Å². The fraction of sp³-hybridized carbons (Fsp3) is 0.300. The van der Waals surface area contributed by atoms with Gasteiger partial charge in [0.1, 0.15) is 10.7 Å². The highest BCUT2D eigenvalue weighted by atomic mass is 35.5. The van der Waals surface area contributed by atoms with Gasteiger partial charge >= 0.3 is 0 Å². The van der Waals surface area contributed by atoms with Crippen LogP contribution in [-0.2, 0) is 10.0 Å². The van der Waals surface area contributed by atoms with Crippen LogP contribution in [0.25, 0.3) is 5.69 Å². The molecule has 1 aliphatic heterocycles. The second-order valence-corrected chi connectivity index (χ2v) is 9.68. The number of piperidine rings is 1. The van der Waals surface area contributed by atoms with Gasteiger partial charge in [-0.1, -0.05) is 18.0 Å². The fourth-order valence-corrected chi connectivity index (χ4v) is 5.51. The molecule has 9 nitrogen and oxygen atoms in total. The summed E-state index contributed by atoms with van der Waals surface area (Å²) < 4.78 is 43.2. The van der Waals surface area contributed by atoms with Crippen molar-refractivity contribution in [2.45, 2.75) is 31.1 Å². The SMILES string of the molecule is Cc1nnnn1-c1ccc(F)c(NC(=O)c2ccc(Cl)c(S(=O)(=O)N3CCCCC3)c2)c1. The summed E-state index contributed by atoms with van der Waals surface area (Å²) in [6.07, 6.45) is 2.51. The lowest BCUT2D eigenvalue weighted by Gasteiger charge is -2.26. The lowest BCUT2D eigenvalue weighted by molar-refractivity contribution is 0.102. The number of carbonyl (C=O) groups excluding carboxylic acids is 1. The van der Waals surface area contributed by atoms with Gasteiger partial charge in [-0.2, -0.15) is 8.99 Å². The van der Waals surface area contributed by atoms with Crippen molar-refractivity contribution in [1.82, 2.24) is 24.5 Å². The van der Waals surface area contributed by atoms with Crippen LogP contribution in [0.15, 0.2) is 41.3 Å². The maximum absolute atomic E-state index is 14.4. The molecule has 0 spiro atoms. The molecule has 2 heterocycles. The third-order valence-electron chi connectivity index (χ3n) is 5.19. The van der Waals surface area contributed by atoms with Gasteiger partial charge in [-0.15, -0.1) is 5.10 Å². The van der Waals surface area contributed by atoms with Crippen LogP contribution in [0.1, 0.15) is 35.4 Å². The number of benzene rings is 2. The topological polar surface area (TPSA) is 110 Å². The molecule has 1 N–H and O–H groups in total. The zero-order valence-electron chi connectivity index (χ0n) is 17.1. The molecule has 4 rings (SSSR count). The largest absolute Gasteiger partial charge is 0.319 e. The fourth-order valence-electron chi connectivity index (χ4n) is 3.49. The summed E-state index contributed by atoms with van der Waals surface area (Å²) in [5, 5.41) is 13.6. The molecule has 32 heavy (non-hydrogen) atoms. The van der Waals surface area contributed by atoms with Crippen LogP contribution in [0.5, 0.6) is 0 Å². The maximum atomic E-state index is 14.4. The number of aromatic nitrogens is 4. The van der Waals surface area contributed by atoms with Crippen LogP contribution in [0, 0.1) is 12.7 Å². The molecule has 2 aromatic carbocycles. The Balaban J connectivity index is 1.62. The van der Waals surface area contributed by atoms with Gasteiger partial charge in [-0.25, -0.2) is 12.8 Å². The van der Waals surface area contributed by atoms with E-state index in [2.05, 4.69) is 20.8 Å². The molecule has 168 valence electrons. The highest BCUT2D eigenvalue weighted by Crippen LogP contribution is 2.28. The summed E-state index contributed by atoms with van der Waals surface area (Å²) in [5.74, 6) is -0.858. The predicted molar refractivity (Wildman–Crippen MR) is 116 cm³/mol. The van der Waals surface area contributed by atoms with Crippen molar-refractivity contribution in [1.29, 1.82) is 0 Å². The number of amides is 1. The average Bonchev–Trinajstić information content (AvgIpc) is 3.22. The summed E-state index contributed by atoms with van der Waals surface area (Å²) in [6, 6.07) is 8.00. The van der Waals surface area contributed by atoms with Crippen molar-refractivity contribution in [3.8, 4) is 5.69 Å². The molecule has 1 aliphatic rings. The van der Waals surface area contributed by atoms with E-state index in [1.54, 1.807) is 6.92 Å². The number of nitrogens with zero attached hydrogens (tertiary/aromatic N) is 5. The number of nitrogens with one attached hydrogen (secondary N) is 1. The lowest BCUT2D eigenvalue weighted by Crippen LogP contribution is -2.35. The summed E-state index contributed by atoms with van der Waals surface area (Å²) >= 11 is 6.16. The second kappa shape index (κ2) is 8.93. The van der Waals surface area contributed by atoms with E-state index in [9.17, 15) is 17.6 Å². The smallest absolute Gasteiger partial charge is 0.255 e. The van der Waals surface area contributed by atoms with E-state index in [0.717, 1.165) is 19.3 Å². The molecule has 0 aliphatic carbocycles. The molecule has 1 aromatic heterocycles. The molecule has 0 bridgehead atoms. The molecule has 1 fully saturated rings. The Morgan fingerprint density at radius 2 is 1.88 bits per heavy atom. The van der Waals surface area contributed by atoms with Gasteiger partial charge in [0, 0.05) is 18.7 Å². The second-order valence-electron chi connectivity index (χ2n) is 7.37. The van der Waals surface area contributed by atoms with Crippen LogP contribution in [0.2, 0.25) is 5.02 Å². The van der Waals surface area contributed by atoms with E-state index in [4.69, 9.17) is 11.6 Å². The number of rotatable bonds is 5. The van der Waals surface area contributed by atoms with Crippen molar-refractivity contribution in [2.24, 2.45) is 0 Å². The number of tetrazole rings is 1. The van der Waals surface area contributed by atoms with Crippen molar-refractivity contribution in [2.75, 3.05) is 18.4 Å². The van der Waals surface area contributed by atoms with E-state index in [0.29, 0.717) is 24.6 Å². The van der Waals surface area contributed by atoms with Gasteiger partial charge in [0.05, 0.1) is 16.4 Å². The Labute approximate surface area is 189 Å². The summed E-state index contributed by atoms with van der Waals surface area (Å²) in [6.45, 7) is 2.49. The van der Waals surface area contributed by atoms with Gasteiger partial charge in [0.25, 0.3) is 5.91 Å². The zero-order valence-corrected chi connectivity index (χ0v) is 18.7. The number of hydrogen-bond donors (Lipinski definition) is 1. The van der Waals surface area contributed by atoms with Crippen LogP contribution < -0.4 is 5.32 Å². The van der Waals surface area contributed by atoms with Crippen LogP contribution in [0.4, 0.5) is 10.1 Å². The van der Waals surface area contributed by atoms with Crippen molar-refractivity contribution >= 4 is 33.2 Å². The van der Waals surface area contributed by atoms with Gasteiger partial charge < -0.3 is 5.32 Å². The first-order chi connectivity index (χ1) is 15.3. The number of halogens is 2. The minimum absolute atomic E-state index is 0.0226. The first kappa shape index (κ1) is 22.3. The number of anilines is 1. The van der Waals surface area contributed by atoms with E-state index >= 15 is 0 Å². The molecule has 1 saturated heterocycles. The minimum Gasteiger partial charge on any atom is -0.319 e. The Morgan fingerprint density at radius 3 is 2.56 bits per heavy atom. The van der Waals surface area contributed by atoms with Crippen molar-refractivity contribution in [3.63, 3.8) is 0 Å². The lowest BCUT2D eigenvalue weighted by atomic mass is 10.2.